The summed E-state index contributed by atoms with van der Waals surface area (Å²) in [5, 5.41) is 3.63. The second-order valence-corrected chi connectivity index (χ2v) is 3.26. The van der Waals surface area contributed by atoms with E-state index < -0.39 is 0 Å². The molecule has 0 radical (unpaired) electrons. The van der Waals surface area contributed by atoms with Gasteiger partial charge < -0.3 is 10.5 Å². The SMILES string of the molecule is COC(=O)c1cscc1C(C)N. The quantitative estimate of drug-likeness (QED) is 0.711. The third kappa shape index (κ3) is 1.65. The van der Waals surface area contributed by atoms with E-state index in [0.29, 0.717) is 5.56 Å². The van der Waals surface area contributed by atoms with Crippen molar-refractivity contribution in [3.63, 3.8) is 0 Å². The third-order valence-corrected chi connectivity index (χ3v) is 2.35. The van der Waals surface area contributed by atoms with Crippen molar-refractivity contribution in [1.82, 2.24) is 0 Å². The molecule has 4 heteroatoms. The molecule has 0 saturated heterocycles. The minimum Gasteiger partial charge on any atom is -0.465 e. The number of thiophene rings is 1. The largest absolute Gasteiger partial charge is 0.465 e. The van der Waals surface area contributed by atoms with Crippen LogP contribution in [0, 0.1) is 0 Å². The molecule has 0 saturated carbocycles. The van der Waals surface area contributed by atoms with E-state index in [4.69, 9.17) is 5.73 Å². The van der Waals surface area contributed by atoms with Gasteiger partial charge in [-0.2, -0.15) is 11.3 Å². The number of methoxy groups -OCH3 is 1. The lowest BCUT2D eigenvalue weighted by atomic mass is 10.1. The predicted octanol–water partition coefficient (Wildman–Crippen LogP) is 1.55. The standard InChI is InChI=1S/C8H11NO2S/c1-5(9)6-3-12-4-7(6)8(10)11-2/h3-5H,9H2,1-2H3. The predicted molar refractivity (Wildman–Crippen MR) is 48.3 cm³/mol. The summed E-state index contributed by atoms with van der Waals surface area (Å²) in [6.45, 7) is 1.84. The maximum Gasteiger partial charge on any atom is 0.339 e. The van der Waals surface area contributed by atoms with Gasteiger partial charge in [0.15, 0.2) is 0 Å². The van der Waals surface area contributed by atoms with Crippen LogP contribution in [-0.2, 0) is 4.74 Å². The summed E-state index contributed by atoms with van der Waals surface area (Å²) in [5.41, 5.74) is 7.08. The smallest absolute Gasteiger partial charge is 0.339 e. The van der Waals surface area contributed by atoms with Gasteiger partial charge in [-0.05, 0) is 17.9 Å². The third-order valence-electron chi connectivity index (χ3n) is 1.59. The first-order valence-corrected chi connectivity index (χ1v) is 4.51. The van der Waals surface area contributed by atoms with Crippen molar-refractivity contribution in [3.8, 4) is 0 Å². The van der Waals surface area contributed by atoms with E-state index in [1.165, 1.54) is 18.4 Å². The van der Waals surface area contributed by atoms with Gasteiger partial charge in [0.1, 0.15) is 0 Å². The normalized spacial score (nSPS) is 12.6. The average Bonchev–Trinajstić information content (AvgIpc) is 2.50. The van der Waals surface area contributed by atoms with Gasteiger partial charge in [-0.1, -0.05) is 0 Å². The lowest BCUT2D eigenvalue weighted by molar-refractivity contribution is 0.0599. The molecule has 0 aliphatic heterocycles. The van der Waals surface area contributed by atoms with Crippen molar-refractivity contribution >= 4 is 17.3 Å². The van der Waals surface area contributed by atoms with E-state index in [9.17, 15) is 4.79 Å². The van der Waals surface area contributed by atoms with Crippen molar-refractivity contribution in [2.45, 2.75) is 13.0 Å². The van der Waals surface area contributed by atoms with Gasteiger partial charge >= 0.3 is 5.97 Å². The van der Waals surface area contributed by atoms with Crippen LogP contribution in [0.3, 0.4) is 0 Å². The summed E-state index contributed by atoms with van der Waals surface area (Å²) in [4.78, 5) is 11.1. The number of esters is 1. The minimum atomic E-state index is -0.316. The summed E-state index contributed by atoms with van der Waals surface area (Å²) in [6.07, 6.45) is 0. The van der Waals surface area contributed by atoms with Crippen LogP contribution in [0.25, 0.3) is 0 Å². The van der Waals surface area contributed by atoms with Gasteiger partial charge in [0, 0.05) is 11.4 Å². The Hall–Kier alpha value is -0.870. The number of ether oxygens (including phenoxy) is 1. The molecule has 0 aliphatic carbocycles. The molecule has 0 bridgehead atoms. The first kappa shape index (κ1) is 9.22. The van der Waals surface area contributed by atoms with Gasteiger partial charge in [0.05, 0.1) is 12.7 Å². The Morgan fingerprint density at radius 2 is 2.33 bits per heavy atom. The van der Waals surface area contributed by atoms with E-state index in [-0.39, 0.29) is 12.0 Å². The maximum absolute atomic E-state index is 11.1. The molecule has 1 atom stereocenters. The molecular formula is C8H11NO2S. The van der Waals surface area contributed by atoms with E-state index in [1.54, 1.807) is 5.38 Å². The summed E-state index contributed by atoms with van der Waals surface area (Å²) in [6, 6.07) is -0.120. The van der Waals surface area contributed by atoms with Crippen LogP contribution in [-0.4, -0.2) is 13.1 Å². The van der Waals surface area contributed by atoms with E-state index in [1.807, 2.05) is 12.3 Å². The van der Waals surface area contributed by atoms with Crippen molar-refractivity contribution < 1.29 is 9.53 Å². The fourth-order valence-corrected chi connectivity index (χ4v) is 1.86. The number of hydrogen-bond donors (Lipinski definition) is 1. The highest BCUT2D eigenvalue weighted by Gasteiger charge is 2.14. The number of hydrogen-bond acceptors (Lipinski definition) is 4. The van der Waals surface area contributed by atoms with E-state index >= 15 is 0 Å². The monoisotopic (exact) mass is 185 g/mol. The Morgan fingerprint density at radius 3 is 2.83 bits per heavy atom. The Morgan fingerprint density at radius 1 is 1.67 bits per heavy atom. The molecule has 12 heavy (non-hydrogen) atoms. The van der Waals surface area contributed by atoms with Crippen LogP contribution in [0.1, 0.15) is 28.9 Å². The Labute approximate surface area is 75.1 Å². The highest BCUT2D eigenvalue weighted by Crippen LogP contribution is 2.21. The van der Waals surface area contributed by atoms with Gasteiger partial charge in [-0.15, -0.1) is 0 Å². The molecule has 1 unspecified atom stereocenters. The molecule has 3 nitrogen and oxygen atoms in total. The highest BCUT2D eigenvalue weighted by molar-refractivity contribution is 7.08. The van der Waals surface area contributed by atoms with Crippen molar-refractivity contribution in [3.05, 3.63) is 21.9 Å². The van der Waals surface area contributed by atoms with Crippen LogP contribution < -0.4 is 5.73 Å². The Bertz CT molecular complexity index is 280. The van der Waals surface area contributed by atoms with Crippen LogP contribution >= 0.6 is 11.3 Å². The lowest BCUT2D eigenvalue weighted by Gasteiger charge is -2.04. The van der Waals surface area contributed by atoms with Crippen molar-refractivity contribution in [2.75, 3.05) is 7.11 Å². The summed E-state index contributed by atoms with van der Waals surface area (Å²) in [7, 11) is 1.37. The molecule has 0 spiro atoms. The molecule has 1 aromatic heterocycles. The molecule has 0 fully saturated rings. The second-order valence-electron chi connectivity index (χ2n) is 2.52. The number of carbonyl (C=O) groups excluding carboxylic acids is 1. The molecule has 66 valence electrons. The topological polar surface area (TPSA) is 52.3 Å². The lowest BCUT2D eigenvalue weighted by Crippen LogP contribution is -2.10. The van der Waals surface area contributed by atoms with Crippen molar-refractivity contribution in [2.24, 2.45) is 5.73 Å². The molecule has 1 rings (SSSR count). The Balaban J connectivity index is 2.99. The summed E-state index contributed by atoms with van der Waals surface area (Å²) >= 11 is 1.46. The van der Waals surface area contributed by atoms with E-state index in [0.717, 1.165) is 5.56 Å². The van der Waals surface area contributed by atoms with Crippen LogP contribution in [0.4, 0.5) is 0 Å². The van der Waals surface area contributed by atoms with Crippen LogP contribution in [0.15, 0.2) is 10.8 Å². The van der Waals surface area contributed by atoms with Crippen molar-refractivity contribution in [1.29, 1.82) is 0 Å². The van der Waals surface area contributed by atoms with E-state index in [2.05, 4.69) is 4.74 Å². The van der Waals surface area contributed by atoms with Gasteiger partial charge in [0.2, 0.25) is 0 Å². The summed E-state index contributed by atoms with van der Waals surface area (Å²) in [5.74, 6) is -0.316. The number of carbonyl (C=O) groups is 1. The minimum absolute atomic E-state index is 0.120. The second kappa shape index (κ2) is 3.69. The first-order chi connectivity index (χ1) is 5.66. The zero-order valence-corrected chi connectivity index (χ0v) is 7.85. The average molecular weight is 185 g/mol. The van der Waals surface area contributed by atoms with Gasteiger partial charge in [-0.25, -0.2) is 4.79 Å². The Kier molecular flexibility index (Phi) is 2.83. The summed E-state index contributed by atoms with van der Waals surface area (Å²) < 4.78 is 4.60. The zero-order chi connectivity index (χ0) is 9.14. The molecule has 0 aromatic carbocycles. The molecule has 1 aromatic rings. The molecular weight excluding hydrogens is 174 g/mol. The van der Waals surface area contributed by atoms with Gasteiger partial charge in [-0.3, -0.25) is 0 Å². The molecule has 1 heterocycles. The first-order valence-electron chi connectivity index (χ1n) is 3.56. The fraction of sp³-hybridized carbons (Fsp3) is 0.375. The van der Waals surface area contributed by atoms with Crippen LogP contribution in [0.5, 0.6) is 0 Å². The molecule has 0 amide bonds. The highest BCUT2D eigenvalue weighted by atomic mass is 32.1. The number of nitrogens with two attached hydrogens (primary N) is 1. The van der Waals surface area contributed by atoms with Crippen LogP contribution in [0.2, 0.25) is 0 Å². The maximum atomic E-state index is 11.1. The molecule has 0 aliphatic rings. The zero-order valence-electron chi connectivity index (χ0n) is 7.03. The van der Waals surface area contributed by atoms with Gasteiger partial charge in [0.25, 0.3) is 0 Å². The number of rotatable bonds is 2. The fourth-order valence-electron chi connectivity index (χ4n) is 0.935. The molecule has 2 N–H and O–H groups in total.